The van der Waals surface area contributed by atoms with Gasteiger partial charge in [-0.2, -0.15) is 0 Å². The van der Waals surface area contributed by atoms with Crippen LogP contribution in [-0.4, -0.2) is 17.4 Å². The Balaban J connectivity index is 1.69. The minimum Gasteiger partial charge on any atom is -0.384 e. The second kappa shape index (κ2) is 5.33. The molecule has 0 atom stereocenters. The van der Waals surface area contributed by atoms with Crippen LogP contribution in [0.15, 0.2) is 36.5 Å². The molecule has 0 radical (unpaired) electrons. The summed E-state index contributed by atoms with van der Waals surface area (Å²) in [4.78, 5) is 16.4. The molecule has 1 aromatic carbocycles. The molecule has 0 unspecified atom stereocenters. The van der Waals surface area contributed by atoms with Gasteiger partial charge in [-0.25, -0.2) is 0 Å². The number of aryl methyl sites for hydroxylation is 1. The molecule has 1 aliphatic rings. The maximum Gasteiger partial charge on any atom is 0.251 e. The van der Waals surface area contributed by atoms with Gasteiger partial charge < -0.3 is 10.6 Å². The van der Waals surface area contributed by atoms with Crippen molar-refractivity contribution < 1.29 is 4.79 Å². The number of carbonyl (C=O) groups is 1. The number of nitrogens with zero attached hydrogens (tertiary/aromatic N) is 1. The fourth-order valence-electron chi connectivity index (χ4n) is 2.42. The summed E-state index contributed by atoms with van der Waals surface area (Å²) in [5.41, 5.74) is 5.06. The van der Waals surface area contributed by atoms with Gasteiger partial charge in [0.15, 0.2) is 0 Å². The van der Waals surface area contributed by atoms with Crippen molar-refractivity contribution in [2.45, 2.75) is 19.9 Å². The molecule has 1 amide bonds. The van der Waals surface area contributed by atoms with E-state index in [1.807, 2.05) is 37.3 Å². The van der Waals surface area contributed by atoms with E-state index in [1.54, 1.807) is 6.20 Å². The SMILES string of the molecule is Cc1cccnc1CNC(=O)c1ccc2c(c1)CCN2. The molecule has 4 nitrogen and oxygen atoms in total. The molecule has 0 fully saturated rings. The third-order valence-corrected chi connectivity index (χ3v) is 3.61. The number of pyridine rings is 1. The summed E-state index contributed by atoms with van der Waals surface area (Å²) in [6, 6.07) is 9.70. The van der Waals surface area contributed by atoms with E-state index < -0.39 is 0 Å². The maximum absolute atomic E-state index is 12.2. The Hall–Kier alpha value is -2.36. The molecule has 1 aliphatic heterocycles. The topological polar surface area (TPSA) is 54.0 Å². The number of nitrogens with one attached hydrogen (secondary N) is 2. The van der Waals surface area contributed by atoms with Crippen molar-refractivity contribution in [3.8, 4) is 0 Å². The Morgan fingerprint density at radius 3 is 3.15 bits per heavy atom. The highest BCUT2D eigenvalue weighted by Gasteiger charge is 2.13. The lowest BCUT2D eigenvalue weighted by molar-refractivity contribution is 0.0950. The smallest absolute Gasteiger partial charge is 0.251 e. The van der Waals surface area contributed by atoms with Gasteiger partial charge in [0.05, 0.1) is 12.2 Å². The summed E-state index contributed by atoms with van der Waals surface area (Å²) in [5, 5.41) is 6.22. The zero-order valence-corrected chi connectivity index (χ0v) is 11.4. The summed E-state index contributed by atoms with van der Waals surface area (Å²) in [5.74, 6) is -0.0512. The highest BCUT2D eigenvalue weighted by molar-refractivity contribution is 5.95. The molecule has 102 valence electrons. The standard InChI is InChI=1S/C16H17N3O/c1-11-3-2-7-17-15(11)10-19-16(20)13-4-5-14-12(9-13)6-8-18-14/h2-5,7,9,18H,6,8,10H2,1H3,(H,19,20). The number of hydrogen-bond acceptors (Lipinski definition) is 3. The molecule has 0 spiro atoms. The van der Waals surface area contributed by atoms with Gasteiger partial charge in [-0.3, -0.25) is 9.78 Å². The third kappa shape index (κ3) is 2.50. The van der Waals surface area contributed by atoms with Crippen LogP contribution in [0.1, 0.15) is 27.2 Å². The zero-order valence-electron chi connectivity index (χ0n) is 11.4. The van der Waals surface area contributed by atoms with E-state index in [-0.39, 0.29) is 5.91 Å². The van der Waals surface area contributed by atoms with Gasteiger partial charge in [0, 0.05) is 24.0 Å². The van der Waals surface area contributed by atoms with Crippen LogP contribution in [0.2, 0.25) is 0 Å². The van der Waals surface area contributed by atoms with Crippen LogP contribution < -0.4 is 10.6 Å². The average molecular weight is 267 g/mol. The van der Waals surface area contributed by atoms with Gasteiger partial charge in [-0.05, 0) is 48.7 Å². The Labute approximate surface area is 118 Å². The first-order valence-corrected chi connectivity index (χ1v) is 6.79. The molecule has 1 aromatic heterocycles. The zero-order chi connectivity index (χ0) is 13.9. The van der Waals surface area contributed by atoms with Gasteiger partial charge >= 0.3 is 0 Å². The van der Waals surface area contributed by atoms with Crippen molar-refractivity contribution in [1.82, 2.24) is 10.3 Å². The molecule has 0 bridgehead atoms. The van der Waals surface area contributed by atoms with Gasteiger partial charge in [-0.15, -0.1) is 0 Å². The molecule has 2 N–H and O–H groups in total. The molecule has 0 saturated heterocycles. The minimum absolute atomic E-state index is 0.0512. The van der Waals surface area contributed by atoms with Crippen LogP contribution in [0.25, 0.3) is 0 Å². The van der Waals surface area contributed by atoms with Crippen molar-refractivity contribution >= 4 is 11.6 Å². The van der Waals surface area contributed by atoms with Gasteiger partial charge in [0.25, 0.3) is 5.91 Å². The number of hydrogen-bond donors (Lipinski definition) is 2. The van der Waals surface area contributed by atoms with E-state index >= 15 is 0 Å². The van der Waals surface area contributed by atoms with Crippen LogP contribution in [0.3, 0.4) is 0 Å². The van der Waals surface area contributed by atoms with E-state index in [0.717, 1.165) is 29.9 Å². The maximum atomic E-state index is 12.2. The minimum atomic E-state index is -0.0512. The summed E-state index contributed by atoms with van der Waals surface area (Å²) >= 11 is 0. The molecular weight excluding hydrogens is 250 g/mol. The second-order valence-electron chi connectivity index (χ2n) is 5.00. The lowest BCUT2D eigenvalue weighted by Gasteiger charge is -2.08. The first-order chi connectivity index (χ1) is 9.74. The van der Waals surface area contributed by atoms with E-state index in [2.05, 4.69) is 15.6 Å². The lowest BCUT2D eigenvalue weighted by atomic mass is 10.1. The normalized spacial score (nSPS) is 12.7. The predicted octanol–water partition coefficient (Wildman–Crippen LogP) is 2.29. The number of anilines is 1. The van der Waals surface area contributed by atoms with Crippen molar-refractivity contribution in [3.05, 3.63) is 58.9 Å². The van der Waals surface area contributed by atoms with Crippen LogP contribution >= 0.6 is 0 Å². The summed E-state index contributed by atoms with van der Waals surface area (Å²) < 4.78 is 0. The number of carbonyl (C=O) groups excluding carboxylic acids is 1. The van der Waals surface area contributed by atoms with Crippen LogP contribution in [0.4, 0.5) is 5.69 Å². The third-order valence-electron chi connectivity index (χ3n) is 3.61. The molecule has 2 aromatic rings. The second-order valence-corrected chi connectivity index (χ2v) is 5.00. The molecule has 20 heavy (non-hydrogen) atoms. The number of aromatic nitrogens is 1. The average Bonchev–Trinajstić information content (AvgIpc) is 2.93. The molecule has 0 aliphatic carbocycles. The van der Waals surface area contributed by atoms with Crippen LogP contribution in [-0.2, 0) is 13.0 Å². The van der Waals surface area contributed by atoms with Gasteiger partial charge in [0.2, 0.25) is 0 Å². The van der Waals surface area contributed by atoms with Crippen LogP contribution in [0.5, 0.6) is 0 Å². The molecule has 2 heterocycles. The van der Waals surface area contributed by atoms with Crippen LogP contribution in [0, 0.1) is 6.92 Å². The van der Waals surface area contributed by atoms with Crippen molar-refractivity contribution in [3.63, 3.8) is 0 Å². The Morgan fingerprint density at radius 1 is 1.40 bits per heavy atom. The highest BCUT2D eigenvalue weighted by Crippen LogP contribution is 2.22. The first kappa shape index (κ1) is 12.7. The summed E-state index contributed by atoms with van der Waals surface area (Å²) in [7, 11) is 0. The van der Waals surface area contributed by atoms with Crippen molar-refractivity contribution in [2.24, 2.45) is 0 Å². The van der Waals surface area contributed by atoms with E-state index in [1.165, 1.54) is 5.56 Å². The van der Waals surface area contributed by atoms with Crippen molar-refractivity contribution in [1.29, 1.82) is 0 Å². The quantitative estimate of drug-likeness (QED) is 0.897. The summed E-state index contributed by atoms with van der Waals surface area (Å²) in [6.07, 6.45) is 2.73. The predicted molar refractivity (Wildman–Crippen MR) is 78.8 cm³/mol. The van der Waals surface area contributed by atoms with E-state index in [0.29, 0.717) is 12.1 Å². The molecule has 0 saturated carbocycles. The lowest BCUT2D eigenvalue weighted by Crippen LogP contribution is -2.23. The monoisotopic (exact) mass is 267 g/mol. The largest absolute Gasteiger partial charge is 0.384 e. The number of benzene rings is 1. The molecule has 3 rings (SSSR count). The summed E-state index contributed by atoms with van der Waals surface area (Å²) in [6.45, 7) is 3.41. The van der Waals surface area contributed by atoms with E-state index in [4.69, 9.17) is 0 Å². The van der Waals surface area contributed by atoms with Gasteiger partial charge in [-0.1, -0.05) is 6.07 Å². The Morgan fingerprint density at radius 2 is 2.30 bits per heavy atom. The number of amides is 1. The highest BCUT2D eigenvalue weighted by atomic mass is 16.1. The van der Waals surface area contributed by atoms with E-state index in [9.17, 15) is 4.79 Å². The fraction of sp³-hybridized carbons (Fsp3) is 0.250. The number of fused-ring (bicyclic) bond motifs is 1. The Kier molecular flexibility index (Phi) is 3.37. The number of rotatable bonds is 3. The Bertz CT molecular complexity index is 652. The van der Waals surface area contributed by atoms with Gasteiger partial charge in [0.1, 0.15) is 0 Å². The molecule has 4 heteroatoms. The molecular formula is C16H17N3O. The fourth-order valence-corrected chi connectivity index (χ4v) is 2.42. The first-order valence-electron chi connectivity index (χ1n) is 6.79. The van der Waals surface area contributed by atoms with Crippen molar-refractivity contribution in [2.75, 3.05) is 11.9 Å².